The Morgan fingerprint density at radius 3 is 2.16 bits per heavy atom. The summed E-state index contributed by atoms with van der Waals surface area (Å²) in [6, 6.07) is 17.4. The second kappa shape index (κ2) is 10.9. The van der Waals surface area contributed by atoms with Gasteiger partial charge in [-0.2, -0.15) is 18.2 Å². The summed E-state index contributed by atoms with van der Waals surface area (Å²) in [7, 11) is 0. The number of pyridine rings is 1. The number of carboxylic acids is 1. The average Bonchev–Trinajstić information content (AvgIpc) is 2.89. The van der Waals surface area contributed by atoms with Crippen LogP contribution in [0.15, 0.2) is 78.9 Å². The van der Waals surface area contributed by atoms with E-state index in [1.54, 1.807) is 18.2 Å². The van der Waals surface area contributed by atoms with Crippen molar-refractivity contribution >= 4 is 5.97 Å². The normalized spacial score (nSPS) is 12.2. The van der Waals surface area contributed by atoms with Gasteiger partial charge < -0.3 is 20.3 Å². The molecule has 1 atom stereocenters. The molecule has 3 aromatic carbocycles. The summed E-state index contributed by atoms with van der Waals surface area (Å²) < 4.78 is 78.1. The average molecular weight is 530 g/mol. The lowest BCUT2D eigenvalue weighted by atomic mass is 10.0. The van der Waals surface area contributed by atoms with E-state index in [0.29, 0.717) is 30.3 Å². The Kier molecular flexibility index (Phi) is 7.58. The molecule has 0 saturated carbocycles. The number of aromatic nitrogens is 1. The molecule has 4 aromatic rings. The molecule has 3 N–H and O–H groups in total. The van der Waals surface area contributed by atoms with Crippen LogP contribution in [0.5, 0.6) is 17.5 Å². The second-order valence-electron chi connectivity index (χ2n) is 8.05. The second-order valence-corrected chi connectivity index (χ2v) is 8.05. The van der Waals surface area contributed by atoms with Gasteiger partial charge in [0.25, 0.3) is 11.8 Å². The fourth-order valence-corrected chi connectivity index (χ4v) is 3.54. The largest absolute Gasteiger partial charge is 0.478 e. The maximum atomic E-state index is 14.5. The smallest absolute Gasteiger partial charge is 0.416 e. The Morgan fingerprint density at radius 1 is 0.895 bits per heavy atom. The molecule has 11 heteroatoms. The van der Waals surface area contributed by atoms with Gasteiger partial charge in [-0.05, 0) is 47.0 Å². The maximum absolute atomic E-state index is 14.5. The van der Waals surface area contributed by atoms with E-state index in [1.807, 2.05) is 24.3 Å². The predicted molar refractivity (Wildman–Crippen MR) is 126 cm³/mol. The molecule has 0 aliphatic rings. The Hall–Kier alpha value is -4.51. The molecule has 0 spiro atoms. The summed E-state index contributed by atoms with van der Waals surface area (Å²) in [5.74, 6) is -5.63. The molecule has 1 unspecified atom stereocenters. The lowest BCUT2D eigenvalue weighted by Gasteiger charge is -2.17. The minimum atomic E-state index is -4.64. The van der Waals surface area contributed by atoms with Crippen LogP contribution in [-0.4, -0.2) is 16.1 Å². The third kappa shape index (κ3) is 6.06. The number of rotatable bonds is 8. The molecule has 0 aliphatic carbocycles. The molecule has 38 heavy (non-hydrogen) atoms. The minimum absolute atomic E-state index is 0.141. The van der Waals surface area contributed by atoms with Crippen LogP contribution in [0.25, 0.3) is 11.1 Å². The van der Waals surface area contributed by atoms with Crippen molar-refractivity contribution in [3.63, 3.8) is 0 Å². The summed E-state index contributed by atoms with van der Waals surface area (Å²) in [5, 5.41) is 9.53. The van der Waals surface area contributed by atoms with E-state index >= 15 is 0 Å². The highest BCUT2D eigenvalue weighted by Gasteiger charge is 2.31. The third-order valence-corrected chi connectivity index (χ3v) is 5.40. The van der Waals surface area contributed by atoms with Crippen LogP contribution < -0.4 is 15.2 Å². The van der Waals surface area contributed by atoms with Crippen molar-refractivity contribution < 1.29 is 41.3 Å². The molecule has 1 heterocycles. The molecule has 0 saturated heterocycles. The van der Waals surface area contributed by atoms with Crippen LogP contribution >= 0.6 is 0 Å². The van der Waals surface area contributed by atoms with Crippen molar-refractivity contribution in [2.45, 2.75) is 18.8 Å². The standard InChI is InChI=1S/C27H19F5N2O4/c28-21-13-22(29)25(38-23(26(35)36)16-7-9-19(10-8-16)27(30,31)32)34-24(21)37-20-6-2-5-18(12-20)17-4-1-3-15(11-17)14-33/h1-13,23H,14,33H2,(H,35,36). The van der Waals surface area contributed by atoms with Crippen molar-refractivity contribution in [2.75, 3.05) is 0 Å². The van der Waals surface area contributed by atoms with E-state index in [9.17, 15) is 31.9 Å². The molecule has 4 rings (SSSR count). The van der Waals surface area contributed by atoms with Crippen molar-refractivity contribution in [2.24, 2.45) is 5.73 Å². The lowest BCUT2D eigenvalue weighted by molar-refractivity contribution is -0.145. The Labute approximate surface area is 213 Å². The van der Waals surface area contributed by atoms with Gasteiger partial charge in [0.2, 0.25) is 6.10 Å². The van der Waals surface area contributed by atoms with Crippen molar-refractivity contribution in [1.82, 2.24) is 4.98 Å². The number of carbonyl (C=O) groups is 1. The molecular weight excluding hydrogens is 511 g/mol. The number of nitrogens with two attached hydrogens (primary N) is 1. The Bertz CT molecular complexity index is 1460. The first-order valence-electron chi connectivity index (χ1n) is 11.0. The van der Waals surface area contributed by atoms with Gasteiger partial charge >= 0.3 is 12.1 Å². The molecule has 0 radical (unpaired) electrons. The zero-order chi connectivity index (χ0) is 27.4. The third-order valence-electron chi connectivity index (χ3n) is 5.40. The number of aliphatic carboxylic acids is 1. The summed E-state index contributed by atoms with van der Waals surface area (Å²) in [5.41, 5.74) is 6.88. The molecule has 0 fully saturated rings. The molecular formula is C27H19F5N2O4. The van der Waals surface area contributed by atoms with E-state index < -0.39 is 47.2 Å². The lowest BCUT2D eigenvalue weighted by Crippen LogP contribution is -2.20. The first-order chi connectivity index (χ1) is 18.0. The number of hydrogen-bond donors (Lipinski definition) is 2. The molecule has 0 bridgehead atoms. The van der Waals surface area contributed by atoms with Gasteiger partial charge in [0.05, 0.1) is 5.56 Å². The van der Waals surface area contributed by atoms with Gasteiger partial charge in [0, 0.05) is 18.2 Å². The first-order valence-corrected chi connectivity index (χ1v) is 11.0. The number of alkyl halides is 3. The van der Waals surface area contributed by atoms with E-state index in [2.05, 4.69) is 4.98 Å². The van der Waals surface area contributed by atoms with Crippen molar-refractivity contribution in [3.8, 4) is 28.6 Å². The number of nitrogens with zero attached hydrogens (tertiary/aromatic N) is 1. The minimum Gasteiger partial charge on any atom is -0.478 e. The van der Waals surface area contributed by atoms with Crippen molar-refractivity contribution in [3.05, 3.63) is 107 Å². The van der Waals surface area contributed by atoms with Gasteiger partial charge in [0.1, 0.15) is 5.75 Å². The van der Waals surface area contributed by atoms with Crippen LogP contribution in [0.1, 0.15) is 22.8 Å². The van der Waals surface area contributed by atoms with Crippen LogP contribution in [0.4, 0.5) is 22.0 Å². The number of hydrogen-bond acceptors (Lipinski definition) is 5. The number of halogens is 5. The quantitative estimate of drug-likeness (QED) is 0.253. The van der Waals surface area contributed by atoms with Crippen LogP contribution in [0, 0.1) is 11.6 Å². The van der Waals surface area contributed by atoms with Gasteiger partial charge in [-0.25, -0.2) is 13.6 Å². The zero-order valence-electron chi connectivity index (χ0n) is 19.4. The topological polar surface area (TPSA) is 94.7 Å². The summed E-state index contributed by atoms with van der Waals surface area (Å²) in [6.07, 6.45) is -6.57. The molecule has 0 amide bonds. The zero-order valence-corrected chi connectivity index (χ0v) is 19.4. The van der Waals surface area contributed by atoms with Gasteiger partial charge in [-0.1, -0.05) is 42.5 Å². The highest BCUT2D eigenvalue weighted by molar-refractivity contribution is 5.75. The first kappa shape index (κ1) is 26.6. The van der Waals surface area contributed by atoms with Crippen LogP contribution in [-0.2, 0) is 17.5 Å². The number of benzene rings is 3. The maximum Gasteiger partial charge on any atom is 0.416 e. The SMILES string of the molecule is NCc1cccc(-c2cccc(Oc3nc(OC(C(=O)O)c4ccc(C(F)(F)F)cc4)c(F)cc3F)c2)c1. The predicted octanol–water partition coefficient (Wildman–Crippen LogP) is 6.50. The molecule has 0 aliphatic heterocycles. The Morgan fingerprint density at radius 2 is 1.53 bits per heavy atom. The van der Waals surface area contributed by atoms with Gasteiger partial charge in [-0.15, -0.1) is 0 Å². The van der Waals surface area contributed by atoms with Gasteiger partial charge in [-0.3, -0.25) is 0 Å². The van der Waals surface area contributed by atoms with E-state index in [-0.39, 0.29) is 11.3 Å². The van der Waals surface area contributed by atoms with Crippen LogP contribution in [0.3, 0.4) is 0 Å². The highest BCUT2D eigenvalue weighted by Crippen LogP contribution is 2.33. The fourth-order valence-electron chi connectivity index (χ4n) is 3.54. The van der Waals surface area contributed by atoms with Crippen LogP contribution in [0.2, 0.25) is 0 Å². The monoisotopic (exact) mass is 530 g/mol. The summed E-state index contributed by atoms with van der Waals surface area (Å²) >= 11 is 0. The summed E-state index contributed by atoms with van der Waals surface area (Å²) in [6.45, 7) is 0.335. The highest BCUT2D eigenvalue weighted by atomic mass is 19.4. The summed E-state index contributed by atoms with van der Waals surface area (Å²) in [4.78, 5) is 15.4. The van der Waals surface area contributed by atoms with E-state index in [1.165, 1.54) is 6.07 Å². The molecule has 1 aromatic heterocycles. The molecule has 6 nitrogen and oxygen atoms in total. The van der Waals surface area contributed by atoms with Crippen molar-refractivity contribution in [1.29, 1.82) is 0 Å². The fraction of sp³-hybridized carbons (Fsp3) is 0.111. The van der Waals surface area contributed by atoms with E-state index in [0.717, 1.165) is 23.3 Å². The number of ether oxygens (including phenoxy) is 2. The number of carboxylic acid groups (broad SMARTS) is 1. The van der Waals surface area contributed by atoms with Gasteiger partial charge in [0.15, 0.2) is 11.6 Å². The molecule has 196 valence electrons. The van der Waals surface area contributed by atoms with E-state index in [4.69, 9.17) is 15.2 Å². The Balaban J connectivity index is 1.61.